The van der Waals surface area contributed by atoms with Crippen LogP contribution in [-0.4, -0.2) is 46.1 Å². The lowest BCUT2D eigenvalue weighted by Gasteiger charge is -2.24. The normalized spacial score (nSPS) is 14.4. The fourth-order valence-electron chi connectivity index (χ4n) is 3.28. The summed E-state index contributed by atoms with van der Waals surface area (Å²) in [4.78, 5) is 44.9. The van der Waals surface area contributed by atoms with E-state index in [9.17, 15) is 14.4 Å². The molecule has 0 aliphatic carbocycles. The maximum atomic E-state index is 12.7. The number of aromatic nitrogens is 1. The molecule has 1 atom stereocenters. The Morgan fingerprint density at radius 3 is 2.32 bits per heavy atom. The maximum Gasteiger partial charge on any atom is 0.261 e. The largest absolute Gasteiger partial charge is 0.337 e. The molecule has 4 rings (SSSR count). The third kappa shape index (κ3) is 3.07. The van der Waals surface area contributed by atoms with Crippen LogP contribution < -0.4 is 0 Å². The number of fused-ring (bicyclic) bond motifs is 2. The first kappa shape index (κ1) is 18.3. The van der Waals surface area contributed by atoms with Crippen LogP contribution in [0.1, 0.15) is 45.1 Å². The molecule has 0 saturated carbocycles. The van der Waals surface area contributed by atoms with Gasteiger partial charge in [-0.25, -0.2) is 4.98 Å². The molecule has 6 nitrogen and oxygen atoms in total. The van der Waals surface area contributed by atoms with Gasteiger partial charge in [-0.2, -0.15) is 0 Å². The monoisotopic (exact) mass is 393 g/mol. The number of carbonyl (C=O) groups excluding carboxylic acids is 3. The van der Waals surface area contributed by atoms with Crippen molar-refractivity contribution in [1.82, 2.24) is 14.8 Å². The summed E-state index contributed by atoms with van der Waals surface area (Å²) in [6, 6.07) is 14.4. The number of hydrogen-bond acceptors (Lipinski definition) is 5. The standard InChI is InChI=1S/C21H19N3O3S/c1-13(19-22-16-9-5-6-10-17(16)28-19)23(2)18(25)11-12-24-20(26)14-7-3-4-8-15(14)21(24)27/h3-10,13H,11-12H2,1-2H3/t13-/m0/s1. The van der Waals surface area contributed by atoms with E-state index in [0.717, 1.165) is 20.1 Å². The third-order valence-electron chi connectivity index (χ3n) is 5.07. The molecule has 0 bridgehead atoms. The maximum absolute atomic E-state index is 12.7. The highest BCUT2D eigenvalue weighted by atomic mass is 32.1. The second-order valence-corrected chi connectivity index (χ2v) is 7.82. The summed E-state index contributed by atoms with van der Waals surface area (Å²) >= 11 is 1.56. The van der Waals surface area contributed by atoms with Gasteiger partial charge in [0.05, 0.1) is 27.4 Å². The summed E-state index contributed by atoms with van der Waals surface area (Å²) in [7, 11) is 1.72. The van der Waals surface area contributed by atoms with Gasteiger partial charge in [-0.15, -0.1) is 11.3 Å². The van der Waals surface area contributed by atoms with Crippen molar-refractivity contribution in [3.63, 3.8) is 0 Å². The second-order valence-electron chi connectivity index (χ2n) is 6.76. The van der Waals surface area contributed by atoms with Gasteiger partial charge in [-0.05, 0) is 31.2 Å². The smallest absolute Gasteiger partial charge is 0.261 e. The number of carbonyl (C=O) groups is 3. The van der Waals surface area contributed by atoms with Crippen molar-refractivity contribution >= 4 is 39.3 Å². The Hall–Kier alpha value is -3.06. The van der Waals surface area contributed by atoms with Gasteiger partial charge < -0.3 is 4.90 Å². The Morgan fingerprint density at radius 2 is 1.68 bits per heavy atom. The van der Waals surface area contributed by atoms with Crippen molar-refractivity contribution in [2.75, 3.05) is 13.6 Å². The fraction of sp³-hybridized carbons (Fsp3) is 0.238. The first-order valence-corrected chi connectivity index (χ1v) is 9.85. The molecule has 7 heteroatoms. The highest BCUT2D eigenvalue weighted by molar-refractivity contribution is 7.18. The van der Waals surface area contributed by atoms with Crippen molar-refractivity contribution in [3.8, 4) is 0 Å². The van der Waals surface area contributed by atoms with E-state index in [1.807, 2.05) is 31.2 Å². The summed E-state index contributed by atoms with van der Waals surface area (Å²) in [6.07, 6.45) is 0.0806. The van der Waals surface area contributed by atoms with Crippen molar-refractivity contribution in [1.29, 1.82) is 0 Å². The van der Waals surface area contributed by atoms with Crippen molar-refractivity contribution in [2.45, 2.75) is 19.4 Å². The first-order chi connectivity index (χ1) is 13.5. The molecule has 3 aromatic rings. The molecule has 1 aliphatic rings. The van der Waals surface area contributed by atoms with Crippen LogP contribution in [0.2, 0.25) is 0 Å². The summed E-state index contributed by atoms with van der Waals surface area (Å²) in [6.45, 7) is 2.00. The molecule has 1 aliphatic heterocycles. The highest BCUT2D eigenvalue weighted by Crippen LogP contribution is 2.29. The fourth-order valence-corrected chi connectivity index (χ4v) is 4.34. The van der Waals surface area contributed by atoms with Crippen LogP contribution in [0, 0.1) is 0 Å². The Kier molecular flexibility index (Phi) is 4.68. The Bertz CT molecular complexity index is 1020. The summed E-state index contributed by atoms with van der Waals surface area (Å²) in [5.41, 5.74) is 1.72. The molecular formula is C21H19N3O3S. The number of benzene rings is 2. The van der Waals surface area contributed by atoms with Crippen molar-refractivity contribution in [2.24, 2.45) is 0 Å². The first-order valence-electron chi connectivity index (χ1n) is 9.03. The molecule has 1 aromatic heterocycles. The average molecular weight is 393 g/mol. The average Bonchev–Trinajstić information content (AvgIpc) is 3.25. The Morgan fingerprint density at radius 1 is 1.07 bits per heavy atom. The molecule has 3 amide bonds. The minimum absolute atomic E-state index is 0.0715. The van der Waals surface area contributed by atoms with E-state index >= 15 is 0 Å². The number of thiazole rings is 1. The van der Waals surface area contributed by atoms with E-state index < -0.39 is 0 Å². The molecular weight excluding hydrogens is 374 g/mol. The number of nitrogens with zero attached hydrogens (tertiary/aromatic N) is 3. The summed E-state index contributed by atoms with van der Waals surface area (Å²) in [5.74, 6) is -0.811. The SMILES string of the molecule is C[C@@H](c1nc2ccccc2s1)N(C)C(=O)CCN1C(=O)c2ccccc2C1=O. The van der Waals surface area contributed by atoms with Gasteiger partial charge in [0.2, 0.25) is 5.91 Å². The predicted molar refractivity (Wildman–Crippen MR) is 107 cm³/mol. The van der Waals surface area contributed by atoms with Crippen LogP contribution in [-0.2, 0) is 4.79 Å². The van der Waals surface area contributed by atoms with Crippen LogP contribution in [0.5, 0.6) is 0 Å². The zero-order valence-corrected chi connectivity index (χ0v) is 16.4. The van der Waals surface area contributed by atoms with Crippen molar-refractivity contribution < 1.29 is 14.4 Å². The minimum atomic E-state index is -0.338. The van der Waals surface area contributed by atoms with Gasteiger partial charge in [0.25, 0.3) is 11.8 Å². The van der Waals surface area contributed by atoms with Crippen molar-refractivity contribution in [3.05, 3.63) is 64.7 Å². The molecule has 0 saturated heterocycles. The van der Waals surface area contributed by atoms with E-state index in [2.05, 4.69) is 4.98 Å². The number of rotatable bonds is 5. The van der Waals surface area contributed by atoms with Crippen LogP contribution in [0.3, 0.4) is 0 Å². The summed E-state index contributed by atoms with van der Waals surface area (Å²) in [5, 5.41) is 0.859. The van der Waals surface area contributed by atoms with Gasteiger partial charge in [0.1, 0.15) is 5.01 Å². The zero-order valence-electron chi connectivity index (χ0n) is 15.6. The van der Waals surface area contributed by atoms with Gasteiger partial charge in [0.15, 0.2) is 0 Å². The predicted octanol–water partition coefficient (Wildman–Crippen LogP) is 3.50. The lowest BCUT2D eigenvalue weighted by Crippen LogP contribution is -2.36. The molecule has 28 heavy (non-hydrogen) atoms. The second kappa shape index (κ2) is 7.16. The number of para-hydroxylation sites is 1. The van der Waals surface area contributed by atoms with E-state index in [4.69, 9.17) is 0 Å². The number of hydrogen-bond donors (Lipinski definition) is 0. The van der Waals surface area contributed by atoms with Gasteiger partial charge >= 0.3 is 0 Å². The van der Waals surface area contributed by atoms with E-state index in [1.54, 1.807) is 47.5 Å². The van der Waals surface area contributed by atoms with Crippen LogP contribution in [0.25, 0.3) is 10.2 Å². The summed E-state index contributed by atoms with van der Waals surface area (Å²) < 4.78 is 1.08. The van der Waals surface area contributed by atoms with Gasteiger partial charge in [-0.1, -0.05) is 24.3 Å². The number of imide groups is 1. The molecule has 0 N–H and O–H groups in total. The van der Waals surface area contributed by atoms with Gasteiger partial charge in [-0.3, -0.25) is 19.3 Å². The molecule has 2 aromatic carbocycles. The van der Waals surface area contributed by atoms with Crippen LogP contribution in [0.4, 0.5) is 0 Å². The Balaban J connectivity index is 1.42. The van der Waals surface area contributed by atoms with Gasteiger partial charge in [0, 0.05) is 20.0 Å². The number of amides is 3. The highest BCUT2D eigenvalue weighted by Gasteiger charge is 2.35. The molecule has 0 fully saturated rings. The van der Waals surface area contributed by atoms with E-state index in [0.29, 0.717) is 11.1 Å². The minimum Gasteiger partial charge on any atom is -0.337 e. The van der Waals surface area contributed by atoms with Crippen LogP contribution in [0.15, 0.2) is 48.5 Å². The molecule has 0 spiro atoms. The van der Waals surface area contributed by atoms with Crippen LogP contribution >= 0.6 is 11.3 Å². The quantitative estimate of drug-likeness (QED) is 0.622. The lowest BCUT2D eigenvalue weighted by atomic mass is 10.1. The zero-order chi connectivity index (χ0) is 19.8. The molecule has 2 heterocycles. The molecule has 142 valence electrons. The topological polar surface area (TPSA) is 70.6 Å². The molecule has 0 unspecified atom stereocenters. The van der Waals surface area contributed by atoms with E-state index in [1.165, 1.54) is 0 Å². The van der Waals surface area contributed by atoms with E-state index in [-0.39, 0.29) is 36.7 Å². The lowest BCUT2D eigenvalue weighted by molar-refractivity contribution is -0.131. The Labute approximate surface area is 166 Å². The molecule has 0 radical (unpaired) electrons. The third-order valence-corrected chi connectivity index (χ3v) is 6.28.